The van der Waals surface area contributed by atoms with Crippen molar-refractivity contribution < 1.29 is 13.9 Å². The fourth-order valence-electron chi connectivity index (χ4n) is 2.23. The van der Waals surface area contributed by atoms with E-state index in [-0.39, 0.29) is 5.91 Å². The van der Waals surface area contributed by atoms with Crippen molar-refractivity contribution in [2.45, 2.75) is 13.8 Å². The second kappa shape index (κ2) is 6.92. The Balaban J connectivity index is 1.81. The number of amides is 1. The largest absolute Gasteiger partial charge is 0.490 e. The number of nitrogens with zero attached hydrogens (tertiary/aromatic N) is 1. The first kappa shape index (κ1) is 16.3. The molecule has 3 aromatic rings. The number of aromatic amines is 1. The number of furan rings is 1. The summed E-state index contributed by atoms with van der Waals surface area (Å²) >= 11 is 3.28. The van der Waals surface area contributed by atoms with Gasteiger partial charge in [-0.2, -0.15) is 5.10 Å². The number of ether oxygens (including phenoxy) is 1. The summed E-state index contributed by atoms with van der Waals surface area (Å²) in [5, 5.41) is 5.02. The first-order chi connectivity index (χ1) is 11.6. The number of carbonyl (C=O) groups is 1. The number of hydrogen-bond acceptors (Lipinski definition) is 4. The normalized spacial score (nSPS) is 11.7. The first-order valence-electron chi connectivity index (χ1n) is 7.42. The third-order valence-corrected chi connectivity index (χ3v) is 3.84. The van der Waals surface area contributed by atoms with Gasteiger partial charge in [0.25, 0.3) is 5.91 Å². The van der Waals surface area contributed by atoms with Gasteiger partial charge in [-0.25, -0.2) is 5.43 Å². The lowest BCUT2D eigenvalue weighted by atomic mass is 10.2. The van der Waals surface area contributed by atoms with Gasteiger partial charge in [-0.1, -0.05) is 12.1 Å². The van der Waals surface area contributed by atoms with Crippen molar-refractivity contribution in [1.82, 2.24) is 10.4 Å². The molecule has 0 fully saturated rings. The molecule has 3 rings (SSSR count). The van der Waals surface area contributed by atoms with E-state index in [0.717, 1.165) is 9.86 Å². The van der Waals surface area contributed by atoms with E-state index in [4.69, 9.17) is 9.15 Å². The van der Waals surface area contributed by atoms with Crippen LogP contribution in [0.1, 0.15) is 30.1 Å². The summed E-state index contributed by atoms with van der Waals surface area (Å²) in [6.07, 6.45) is 1.68. The molecule has 0 aliphatic rings. The summed E-state index contributed by atoms with van der Waals surface area (Å²) in [5.41, 5.74) is 4.15. The maximum absolute atomic E-state index is 12.0. The molecule has 0 aliphatic heterocycles. The monoisotopic (exact) mass is 389 g/mol. The Hall–Kier alpha value is -2.54. The maximum atomic E-state index is 12.0. The molecule has 2 N–H and O–H groups in total. The minimum absolute atomic E-state index is 0.328. The summed E-state index contributed by atoms with van der Waals surface area (Å²) in [4.78, 5) is 14.8. The smallest absolute Gasteiger partial charge is 0.287 e. The molecule has 124 valence electrons. The number of hydrazone groups is 1. The molecule has 0 saturated heterocycles. The van der Waals surface area contributed by atoms with E-state index in [2.05, 4.69) is 31.4 Å². The van der Waals surface area contributed by atoms with Crippen LogP contribution >= 0.6 is 15.9 Å². The molecular weight excluding hydrogens is 374 g/mol. The van der Waals surface area contributed by atoms with Gasteiger partial charge in [0.15, 0.2) is 17.1 Å². The Morgan fingerprint density at radius 1 is 1.42 bits per heavy atom. The number of rotatable bonds is 5. The highest BCUT2D eigenvalue weighted by molar-refractivity contribution is 9.10. The molecule has 1 amide bonds. The SMILES string of the molecule is CCOc1cccc2cc(/C(C)=N\NC(=O)c3cc(Br)c[nH]3)oc12. The van der Waals surface area contributed by atoms with Crippen molar-refractivity contribution >= 4 is 38.5 Å². The first-order valence-corrected chi connectivity index (χ1v) is 8.22. The van der Waals surface area contributed by atoms with Crippen LogP contribution in [0.15, 0.2) is 50.5 Å². The maximum Gasteiger partial charge on any atom is 0.287 e. The van der Waals surface area contributed by atoms with E-state index >= 15 is 0 Å². The van der Waals surface area contributed by atoms with Gasteiger partial charge in [-0.3, -0.25) is 4.79 Å². The molecule has 0 spiro atoms. The second-order valence-electron chi connectivity index (χ2n) is 5.09. The second-order valence-corrected chi connectivity index (χ2v) is 6.00. The van der Waals surface area contributed by atoms with Gasteiger partial charge < -0.3 is 14.1 Å². The van der Waals surface area contributed by atoms with Crippen LogP contribution in [-0.4, -0.2) is 23.2 Å². The quantitative estimate of drug-likeness (QED) is 0.509. The Kier molecular flexibility index (Phi) is 4.71. The van der Waals surface area contributed by atoms with Crippen molar-refractivity contribution in [3.05, 3.63) is 52.5 Å². The van der Waals surface area contributed by atoms with Crippen LogP contribution in [0.2, 0.25) is 0 Å². The van der Waals surface area contributed by atoms with E-state index in [1.807, 2.05) is 31.2 Å². The molecule has 0 saturated carbocycles. The zero-order chi connectivity index (χ0) is 17.1. The number of H-pyrrole nitrogens is 1. The van der Waals surface area contributed by atoms with Crippen LogP contribution < -0.4 is 10.2 Å². The van der Waals surface area contributed by atoms with Gasteiger partial charge in [-0.05, 0) is 48.0 Å². The summed E-state index contributed by atoms with van der Waals surface area (Å²) in [5.74, 6) is 0.936. The van der Waals surface area contributed by atoms with Crippen LogP contribution in [-0.2, 0) is 0 Å². The molecular formula is C17H16BrN3O3. The number of aromatic nitrogens is 1. The van der Waals surface area contributed by atoms with Crippen LogP contribution in [0.4, 0.5) is 0 Å². The van der Waals surface area contributed by atoms with Crippen molar-refractivity contribution in [3.8, 4) is 5.75 Å². The third-order valence-electron chi connectivity index (χ3n) is 3.38. The number of benzene rings is 1. The molecule has 0 radical (unpaired) electrons. The number of para-hydroxylation sites is 1. The number of carbonyl (C=O) groups excluding carboxylic acids is 1. The van der Waals surface area contributed by atoms with Crippen LogP contribution in [0.25, 0.3) is 11.0 Å². The lowest BCUT2D eigenvalue weighted by molar-refractivity contribution is 0.0950. The highest BCUT2D eigenvalue weighted by atomic mass is 79.9. The lowest BCUT2D eigenvalue weighted by Gasteiger charge is -2.02. The number of hydrogen-bond donors (Lipinski definition) is 2. The van der Waals surface area contributed by atoms with E-state index in [1.54, 1.807) is 19.2 Å². The van der Waals surface area contributed by atoms with Crippen LogP contribution in [0.3, 0.4) is 0 Å². The minimum Gasteiger partial charge on any atom is -0.490 e. The molecule has 24 heavy (non-hydrogen) atoms. The van der Waals surface area contributed by atoms with Gasteiger partial charge in [0.1, 0.15) is 11.4 Å². The average molecular weight is 390 g/mol. The molecule has 2 aromatic heterocycles. The predicted molar refractivity (Wildman–Crippen MR) is 95.6 cm³/mol. The van der Waals surface area contributed by atoms with E-state index in [0.29, 0.717) is 35.1 Å². The summed E-state index contributed by atoms with van der Waals surface area (Å²) < 4.78 is 12.2. The molecule has 0 bridgehead atoms. The predicted octanol–water partition coefficient (Wildman–Crippen LogP) is 4.08. The molecule has 2 heterocycles. The molecule has 0 unspecified atom stereocenters. The average Bonchev–Trinajstić information content (AvgIpc) is 3.19. The molecule has 1 aromatic carbocycles. The summed E-state index contributed by atoms with van der Waals surface area (Å²) in [7, 11) is 0. The van der Waals surface area contributed by atoms with E-state index < -0.39 is 0 Å². The topological polar surface area (TPSA) is 79.6 Å². The number of halogens is 1. The molecule has 0 atom stereocenters. The molecule has 6 nitrogen and oxygen atoms in total. The minimum atomic E-state index is -0.328. The highest BCUT2D eigenvalue weighted by Crippen LogP contribution is 2.29. The summed E-state index contributed by atoms with van der Waals surface area (Å²) in [6, 6.07) is 9.25. The highest BCUT2D eigenvalue weighted by Gasteiger charge is 2.12. The fraction of sp³-hybridized carbons (Fsp3) is 0.176. The standard InChI is InChI=1S/C17H16BrN3O3/c1-3-23-14-6-4-5-11-7-15(24-16(11)14)10(2)20-21-17(22)13-8-12(18)9-19-13/h4-9,19H,3H2,1-2H3,(H,21,22)/b20-10-. The van der Waals surface area contributed by atoms with Crippen molar-refractivity contribution in [2.24, 2.45) is 5.10 Å². The molecule has 7 heteroatoms. The lowest BCUT2D eigenvalue weighted by Crippen LogP contribution is -2.19. The van der Waals surface area contributed by atoms with Gasteiger partial charge in [0, 0.05) is 16.1 Å². The third kappa shape index (κ3) is 3.35. The van der Waals surface area contributed by atoms with Gasteiger partial charge >= 0.3 is 0 Å². The Labute approximate surface area is 147 Å². The fourth-order valence-corrected chi connectivity index (χ4v) is 2.58. The van der Waals surface area contributed by atoms with Crippen molar-refractivity contribution in [1.29, 1.82) is 0 Å². The Morgan fingerprint density at radius 3 is 2.96 bits per heavy atom. The van der Waals surface area contributed by atoms with E-state index in [1.165, 1.54) is 0 Å². The molecule has 0 aliphatic carbocycles. The number of fused-ring (bicyclic) bond motifs is 1. The number of nitrogens with one attached hydrogen (secondary N) is 2. The Bertz CT molecular complexity index is 911. The van der Waals surface area contributed by atoms with E-state index in [9.17, 15) is 4.79 Å². The van der Waals surface area contributed by atoms with Gasteiger partial charge in [-0.15, -0.1) is 0 Å². The zero-order valence-electron chi connectivity index (χ0n) is 13.2. The van der Waals surface area contributed by atoms with Gasteiger partial charge in [0.2, 0.25) is 0 Å². The Morgan fingerprint density at radius 2 is 2.25 bits per heavy atom. The van der Waals surface area contributed by atoms with Gasteiger partial charge in [0.05, 0.1) is 6.61 Å². The van der Waals surface area contributed by atoms with Crippen molar-refractivity contribution in [3.63, 3.8) is 0 Å². The summed E-state index contributed by atoms with van der Waals surface area (Å²) in [6.45, 7) is 4.25. The van der Waals surface area contributed by atoms with Crippen LogP contribution in [0.5, 0.6) is 5.75 Å². The van der Waals surface area contributed by atoms with Crippen LogP contribution in [0, 0.1) is 0 Å². The zero-order valence-corrected chi connectivity index (χ0v) is 14.8. The van der Waals surface area contributed by atoms with Crippen molar-refractivity contribution in [2.75, 3.05) is 6.61 Å².